The van der Waals surface area contributed by atoms with Crippen molar-refractivity contribution >= 4 is 80.8 Å². The molecule has 2 heterocycles. The molecule has 4 rings (SSSR count). The quantitative estimate of drug-likeness (QED) is 0.224. The van der Waals surface area contributed by atoms with E-state index in [2.05, 4.69) is 26.2 Å². The van der Waals surface area contributed by atoms with Crippen molar-refractivity contribution in [3.8, 4) is 5.75 Å². The van der Waals surface area contributed by atoms with Gasteiger partial charge in [-0.05, 0) is 58.8 Å². The van der Waals surface area contributed by atoms with Crippen LogP contribution < -0.4 is 15.0 Å². The molecule has 198 valence electrons. The number of halogens is 4. The van der Waals surface area contributed by atoms with Gasteiger partial charge in [0.25, 0.3) is 0 Å². The number of carbonyl (C=O) groups excluding carboxylic acids is 2. The number of carbonyl (C=O) groups is 2. The van der Waals surface area contributed by atoms with Crippen LogP contribution in [0.5, 0.6) is 5.75 Å². The third-order valence-corrected chi connectivity index (χ3v) is 7.36. The highest BCUT2D eigenvalue weighted by atomic mass is 79.9. The largest absolute Gasteiger partial charge is 0.485 e. The van der Waals surface area contributed by atoms with Gasteiger partial charge in [-0.15, -0.1) is 12.4 Å². The molecule has 38 heavy (non-hydrogen) atoms. The minimum absolute atomic E-state index is 0. The number of ether oxygens (including phenoxy) is 1. The summed E-state index contributed by atoms with van der Waals surface area (Å²) in [6, 6.07) is 16.4. The predicted octanol–water partition coefficient (Wildman–Crippen LogP) is 6.51. The van der Waals surface area contributed by atoms with E-state index >= 15 is 0 Å². The van der Waals surface area contributed by atoms with E-state index in [-0.39, 0.29) is 42.4 Å². The minimum atomic E-state index is -0.378. The van der Waals surface area contributed by atoms with Gasteiger partial charge in [0, 0.05) is 29.9 Å². The van der Waals surface area contributed by atoms with Crippen LogP contribution >= 0.6 is 51.5 Å². The summed E-state index contributed by atoms with van der Waals surface area (Å²) in [6.07, 6.45) is 4.94. The highest BCUT2D eigenvalue weighted by Gasteiger charge is 2.19. The van der Waals surface area contributed by atoms with Crippen molar-refractivity contribution in [2.24, 2.45) is 0 Å². The maximum Gasteiger partial charge on any atom is 0.246 e. The van der Waals surface area contributed by atoms with Crippen molar-refractivity contribution in [1.82, 2.24) is 14.7 Å². The van der Waals surface area contributed by atoms with Crippen molar-refractivity contribution in [2.75, 3.05) is 18.5 Å². The Balaban J connectivity index is 0.00000400. The smallest absolute Gasteiger partial charge is 0.246 e. The highest BCUT2D eigenvalue weighted by molar-refractivity contribution is 9.10. The number of aromatic nitrogens is 2. The maximum atomic E-state index is 12.8. The number of anilines is 1. The third-order valence-electron chi connectivity index (χ3n) is 5.63. The van der Waals surface area contributed by atoms with Crippen LogP contribution in [0.2, 0.25) is 10.0 Å². The second-order valence-corrected chi connectivity index (χ2v) is 9.65. The van der Waals surface area contributed by atoms with E-state index in [0.29, 0.717) is 27.7 Å². The molecular formula is C27H24BrCl3N4O3. The zero-order valence-corrected chi connectivity index (χ0v) is 24.4. The van der Waals surface area contributed by atoms with Gasteiger partial charge in [-0.2, -0.15) is 0 Å². The standard InChI is InChI=1S/C27H23BrCl2N4O3.ClH/c1-17-26(28)34-14-6-9-22(27(34)32-17)37-16-19-20(29)11-12-21(25(19)30)33(2)24(36)15-31-23(35)13-10-18-7-4-3-5-8-18;/h3-14H,15-16H2,1-2H3,(H,31,35);1H/b13-10-;. The average molecular weight is 639 g/mol. The molecule has 0 aliphatic rings. The molecule has 4 aromatic rings. The Morgan fingerprint density at radius 3 is 2.61 bits per heavy atom. The number of likely N-dealkylation sites (N-methyl/N-ethyl adjacent to an activating group) is 1. The molecular weight excluding hydrogens is 615 g/mol. The van der Waals surface area contributed by atoms with Crippen LogP contribution in [0.3, 0.4) is 0 Å². The normalized spacial score (nSPS) is 10.9. The monoisotopic (exact) mass is 636 g/mol. The van der Waals surface area contributed by atoms with Crippen molar-refractivity contribution in [3.05, 3.63) is 98.3 Å². The minimum Gasteiger partial charge on any atom is -0.485 e. The number of fused-ring (bicyclic) bond motifs is 1. The van der Waals surface area contributed by atoms with E-state index in [4.69, 9.17) is 27.9 Å². The summed E-state index contributed by atoms with van der Waals surface area (Å²) in [5.74, 6) is -0.165. The Morgan fingerprint density at radius 1 is 1.13 bits per heavy atom. The number of rotatable bonds is 8. The molecule has 0 aliphatic carbocycles. The number of benzene rings is 2. The Bertz CT molecular complexity index is 1490. The zero-order chi connectivity index (χ0) is 26.5. The van der Waals surface area contributed by atoms with Gasteiger partial charge in [0.2, 0.25) is 11.8 Å². The molecule has 0 saturated heterocycles. The number of nitrogens with zero attached hydrogens (tertiary/aromatic N) is 3. The first-order valence-electron chi connectivity index (χ1n) is 11.3. The molecule has 0 aliphatic heterocycles. The maximum absolute atomic E-state index is 12.8. The van der Waals surface area contributed by atoms with Gasteiger partial charge in [0.05, 0.1) is 22.9 Å². The van der Waals surface area contributed by atoms with E-state index < -0.39 is 0 Å². The lowest BCUT2D eigenvalue weighted by atomic mass is 10.2. The first kappa shape index (κ1) is 29.5. The molecule has 2 aromatic carbocycles. The van der Waals surface area contributed by atoms with Gasteiger partial charge in [-0.3, -0.25) is 14.0 Å². The molecule has 11 heteroatoms. The summed E-state index contributed by atoms with van der Waals surface area (Å²) >= 11 is 16.6. The summed E-state index contributed by atoms with van der Waals surface area (Å²) in [6.45, 7) is 1.76. The molecule has 0 fully saturated rings. The first-order valence-corrected chi connectivity index (χ1v) is 12.8. The molecule has 0 atom stereocenters. The number of imidazole rings is 1. The fourth-order valence-electron chi connectivity index (χ4n) is 3.58. The van der Waals surface area contributed by atoms with Gasteiger partial charge in [-0.25, -0.2) is 4.98 Å². The van der Waals surface area contributed by atoms with Crippen molar-refractivity contribution < 1.29 is 14.3 Å². The molecule has 0 bridgehead atoms. The molecule has 0 saturated carbocycles. The summed E-state index contributed by atoms with van der Waals surface area (Å²) in [4.78, 5) is 30.8. The number of pyridine rings is 1. The number of hydrogen-bond acceptors (Lipinski definition) is 4. The van der Waals surface area contributed by atoms with Gasteiger partial charge in [0.15, 0.2) is 11.4 Å². The molecule has 0 spiro atoms. The molecule has 2 aromatic heterocycles. The van der Waals surface area contributed by atoms with Crippen LogP contribution in [-0.2, 0) is 16.2 Å². The lowest BCUT2D eigenvalue weighted by Crippen LogP contribution is -2.37. The molecule has 1 N–H and O–H groups in total. The van der Waals surface area contributed by atoms with Gasteiger partial charge in [0.1, 0.15) is 11.2 Å². The summed E-state index contributed by atoms with van der Waals surface area (Å²) < 4.78 is 8.75. The summed E-state index contributed by atoms with van der Waals surface area (Å²) in [5.41, 5.74) is 3.34. The molecule has 0 radical (unpaired) electrons. The highest BCUT2D eigenvalue weighted by Crippen LogP contribution is 2.35. The van der Waals surface area contributed by atoms with Gasteiger partial charge < -0.3 is 15.0 Å². The van der Waals surface area contributed by atoms with E-state index in [0.717, 1.165) is 15.9 Å². The van der Waals surface area contributed by atoms with E-state index in [1.807, 2.05) is 60.0 Å². The van der Waals surface area contributed by atoms with E-state index in [1.54, 1.807) is 25.3 Å². The van der Waals surface area contributed by atoms with Crippen LogP contribution in [0.1, 0.15) is 16.8 Å². The van der Waals surface area contributed by atoms with Crippen molar-refractivity contribution in [1.29, 1.82) is 0 Å². The average Bonchev–Trinajstić information content (AvgIpc) is 3.20. The van der Waals surface area contributed by atoms with Crippen molar-refractivity contribution in [3.63, 3.8) is 0 Å². The number of nitrogens with one attached hydrogen (secondary N) is 1. The Morgan fingerprint density at radius 2 is 1.87 bits per heavy atom. The zero-order valence-electron chi connectivity index (χ0n) is 20.5. The van der Waals surface area contributed by atoms with Crippen LogP contribution in [-0.4, -0.2) is 34.8 Å². The molecule has 7 nitrogen and oxygen atoms in total. The van der Waals surface area contributed by atoms with Gasteiger partial charge in [-0.1, -0.05) is 53.5 Å². The van der Waals surface area contributed by atoms with E-state index in [1.165, 1.54) is 11.0 Å². The fraction of sp³-hybridized carbons (Fsp3) is 0.148. The fourth-order valence-corrected chi connectivity index (χ4v) is 4.56. The first-order chi connectivity index (χ1) is 17.8. The molecule has 0 unspecified atom stereocenters. The topological polar surface area (TPSA) is 75.9 Å². The third kappa shape index (κ3) is 6.69. The Labute approximate surface area is 244 Å². The van der Waals surface area contributed by atoms with Crippen LogP contribution in [0.15, 0.2) is 71.5 Å². The lowest BCUT2D eigenvalue weighted by molar-refractivity contribution is -0.122. The van der Waals surface area contributed by atoms with Gasteiger partial charge >= 0.3 is 0 Å². The summed E-state index contributed by atoms with van der Waals surface area (Å²) in [5, 5.41) is 3.28. The van der Waals surface area contributed by atoms with Crippen LogP contribution in [0.25, 0.3) is 11.7 Å². The second-order valence-electron chi connectivity index (χ2n) is 8.12. The summed E-state index contributed by atoms with van der Waals surface area (Å²) in [7, 11) is 1.58. The number of aryl methyl sites for hydroxylation is 1. The Hall–Kier alpha value is -3.04. The SMILES string of the molecule is Cc1nc2c(OCc3c(Cl)ccc(N(C)C(=O)CNC(=O)/C=C\c4ccccc4)c3Cl)cccn2c1Br.Cl. The van der Waals surface area contributed by atoms with Crippen LogP contribution in [0, 0.1) is 6.92 Å². The predicted molar refractivity (Wildman–Crippen MR) is 158 cm³/mol. The number of amides is 2. The lowest BCUT2D eigenvalue weighted by Gasteiger charge is -2.21. The van der Waals surface area contributed by atoms with Crippen molar-refractivity contribution in [2.45, 2.75) is 13.5 Å². The number of hydrogen-bond donors (Lipinski definition) is 1. The van der Waals surface area contributed by atoms with Crippen LogP contribution in [0.4, 0.5) is 5.69 Å². The molecule has 2 amide bonds. The second kappa shape index (κ2) is 13.2. The van der Waals surface area contributed by atoms with E-state index in [9.17, 15) is 9.59 Å². The Kier molecular flexibility index (Phi) is 10.2.